The van der Waals surface area contributed by atoms with Gasteiger partial charge in [-0.3, -0.25) is 9.59 Å². The van der Waals surface area contributed by atoms with Gasteiger partial charge in [-0.25, -0.2) is 0 Å². The summed E-state index contributed by atoms with van der Waals surface area (Å²) in [6.07, 6.45) is 0.322. The zero-order valence-electron chi connectivity index (χ0n) is 12.1. The number of rotatable bonds is 4. The lowest BCUT2D eigenvalue weighted by Crippen LogP contribution is -2.11. The van der Waals surface area contributed by atoms with E-state index in [0.29, 0.717) is 36.5 Å². The molecule has 1 fully saturated rings. The summed E-state index contributed by atoms with van der Waals surface area (Å²) in [5.74, 6) is -0.189. The largest absolute Gasteiger partial charge is 0.507 e. The quantitative estimate of drug-likeness (QED) is 0.680. The van der Waals surface area contributed by atoms with Crippen LogP contribution < -0.4 is 4.74 Å². The summed E-state index contributed by atoms with van der Waals surface area (Å²) in [5.41, 5.74) is 0.888. The molecule has 1 aromatic rings. The van der Waals surface area contributed by atoms with Crippen LogP contribution in [0.25, 0.3) is 0 Å². The molecule has 2 aliphatic rings. The normalized spacial score (nSPS) is 25.3. The van der Waals surface area contributed by atoms with Gasteiger partial charge in [0.2, 0.25) is 0 Å². The van der Waals surface area contributed by atoms with Crippen LogP contribution >= 0.6 is 0 Å². The number of aromatic hydroxyl groups is 1. The number of hydrogen-bond donors (Lipinski definition) is 1. The lowest BCUT2D eigenvalue weighted by atomic mass is 9.97. The van der Waals surface area contributed by atoms with Gasteiger partial charge < -0.3 is 14.6 Å². The van der Waals surface area contributed by atoms with Crippen molar-refractivity contribution >= 4 is 11.8 Å². The molecule has 1 aromatic carbocycles. The first-order chi connectivity index (χ1) is 10.1. The van der Waals surface area contributed by atoms with E-state index in [0.717, 1.165) is 0 Å². The van der Waals surface area contributed by atoms with Crippen LogP contribution in [0.5, 0.6) is 11.5 Å². The van der Waals surface area contributed by atoms with E-state index in [1.54, 1.807) is 26.0 Å². The van der Waals surface area contributed by atoms with E-state index in [9.17, 15) is 14.7 Å². The molecule has 3 rings (SSSR count). The minimum atomic E-state index is -0.274. The summed E-state index contributed by atoms with van der Waals surface area (Å²) < 4.78 is 10.7. The third-order valence-electron chi connectivity index (χ3n) is 4.29. The zero-order valence-corrected chi connectivity index (χ0v) is 12.1. The minimum Gasteiger partial charge on any atom is -0.507 e. The maximum atomic E-state index is 11.9. The number of esters is 1. The summed E-state index contributed by atoms with van der Waals surface area (Å²) in [7, 11) is 0. The molecule has 3 atom stereocenters. The average molecular weight is 290 g/mol. The van der Waals surface area contributed by atoms with Gasteiger partial charge in [-0.05, 0) is 19.1 Å². The first-order valence-electron chi connectivity index (χ1n) is 7.28. The van der Waals surface area contributed by atoms with Crippen LogP contribution in [0.4, 0.5) is 0 Å². The Balaban J connectivity index is 1.97. The van der Waals surface area contributed by atoms with Crippen LogP contribution in [0.3, 0.4) is 0 Å². The van der Waals surface area contributed by atoms with Crippen molar-refractivity contribution < 1.29 is 24.2 Å². The zero-order chi connectivity index (χ0) is 15.1. The van der Waals surface area contributed by atoms with E-state index in [2.05, 4.69) is 0 Å². The number of phenols is 1. The van der Waals surface area contributed by atoms with E-state index in [4.69, 9.17) is 9.47 Å². The molecule has 0 spiro atoms. The van der Waals surface area contributed by atoms with Gasteiger partial charge in [0, 0.05) is 23.8 Å². The number of benzene rings is 1. The summed E-state index contributed by atoms with van der Waals surface area (Å²) in [6.45, 7) is 4.30. The predicted octanol–water partition coefficient (Wildman–Crippen LogP) is 2.27. The minimum absolute atomic E-state index is 0.0365. The van der Waals surface area contributed by atoms with E-state index < -0.39 is 0 Å². The Bertz CT molecular complexity index is 607. The maximum absolute atomic E-state index is 11.9. The smallest absolute Gasteiger partial charge is 0.309 e. The Morgan fingerprint density at radius 3 is 2.81 bits per heavy atom. The molecule has 1 aliphatic heterocycles. The number of hydrogen-bond acceptors (Lipinski definition) is 5. The Kier molecular flexibility index (Phi) is 3.35. The Labute approximate surface area is 122 Å². The molecule has 1 saturated carbocycles. The van der Waals surface area contributed by atoms with E-state index in [-0.39, 0.29) is 35.3 Å². The average Bonchev–Trinajstić information content (AvgIpc) is 3.21. The fourth-order valence-electron chi connectivity index (χ4n) is 3.17. The number of carbonyl (C=O) groups is 2. The lowest BCUT2D eigenvalue weighted by molar-refractivity contribution is -0.145. The van der Waals surface area contributed by atoms with Gasteiger partial charge in [0.25, 0.3) is 0 Å². The van der Waals surface area contributed by atoms with Crippen LogP contribution in [0, 0.1) is 11.8 Å². The fraction of sp³-hybridized carbons (Fsp3) is 0.500. The van der Waals surface area contributed by atoms with E-state index in [1.807, 2.05) is 0 Å². The molecule has 1 unspecified atom stereocenters. The molecule has 0 amide bonds. The SMILES string of the molecule is CCOC(=O)C1[C@H]2c3c(ccc(C(=O)CC)c3O)OC[C@@H]12. The summed E-state index contributed by atoms with van der Waals surface area (Å²) >= 11 is 0. The second kappa shape index (κ2) is 5.06. The first-order valence-corrected chi connectivity index (χ1v) is 7.28. The van der Waals surface area contributed by atoms with Gasteiger partial charge in [0.1, 0.15) is 11.5 Å². The third-order valence-corrected chi connectivity index (χ3v) is 4.29. The highest BCUT2D eigenvalue weighted by atomic mass is 16.5. The van der Waals surface area contributed by atoms with Crippen molar-refractivity contribution in [3.8, 4) is 11.5 Å². The molecule has 0 aromatic heterocycles. The van der Waals surface area contributed by atoms with E-state index in [1.165, 1.54) is 0 Å². The fourth-order valence-corrected chi connectivity index (χ4v) is 3.17. The van der Waals surface area contributed by atoms with Gasteiger partial charge >= 0.3 is 5.97 Å². The molecule has 1 heterocycles. The Hall–Kier alpha value is -2.04. The standard InChI is InChI=1S/C16H18O5/c1-3-10(17)8-5-6-11-14(15(8)18)12-9(7-21-11)13(12)16(19)20-4-2/h5-6,9,12-13,18H,3-4,7H2,1-2H3/t9-,12+,13?/m1/s1. The van der Waals surface area contributed by atoms with Crippen molar-refractivity contribution in [2.24, 2.45) is 11.8 Å². The molecular formula is C16H18O5. The van der Waals surface area contributed by atoms with Crippen molar-refractivity contribution in [2.75, 3.05) is 13.2 Å². The van der Waals surface area contributed by atoms with Crippen molar-refractivity contribution in [2.45, 2.75) is 26.2 Å². The van der Waals surface area contributed by atoms with Crippen LogP contribution in [0.15, 0.2) is 12.1 Å². The summed E-state index contributed by atoms with van der Waals surface area (Å²) in [6, 6.07) is 3.29. The van der Waals surface area contributed by atoms with E-state index >= 15 is 0 Å². The number of Topliss-reactive ketones (excluding diaryl/α,β-unsaturated/α-hetero) is 1. The van der Waals surface area contributed by atoms with Crippen LogP contribution in [0.1, 0.15) is 42.1 Å². The highest BCUT2D eigenvalue weighted by Gasteiger charge is 2.60. The lowest BCUT2D eigenvalue weighted by Gasteiger charge is -2.18. The van der Waals surface area contributed by atoms with Gasteiger partial charge in [-0.2, -0.15) is 0 Å². The number of ether oxygens (including phenoxy) is 2. The molecule has 5 nitrogen and oxygen atoms in total. The molecule has 1 aliphatic carbocycles. The van der Waals surface area contributed by atoms with Gasteiger partial charge in [0.15, 0.2) is 5.78 Å². The predicted molar refractivity (Wildman–Crippen MR) is 74.6 cm³/mol. The van der Waals surface area contributed by atoms with Crippen molar-refractivity contribution in [1.29, 1.82) is 0 Å². The van der Waals surface area contributed by atoms with Crippen LogP contribution in [0.2, 0.25) is 0 Å². The topological polar surface area (TPSA) is 72.8 Å². The van der Waals surface area contributed by atoms with Crippen LogP contribution in [-0.4, -0.2) is 30.1 Å². The number of ketones is 1. The molecule has 112 valence electrons. The van der Waals surface area contributed by atoms with Crippen molar-refractivity contribution in [1.82, 2.24) is 0 Å². The Morgan fingerprint density at radius 2 is 2.14 bits per heavy atom. The third kappa shape index (κ3) is 2.07. The summed E-state index contributed by atoms with van der Waals surface area (Å²) in [5, 5.41) is 10.4. The Morgan fingerprint density at radius 1 is 1.38 bits per heavy atom. The molecule has 0 bridgehead atoms. The van der Waals surface area contributed by atoms with Gasteiger partial charge in [-0.1, -0.05) is 6.92 Å². The second-order valence-corrected chi connectivity index (χ2v) is 5.43. The highest BCUT2D eigenvalue weighted by Crippen LogP contribution is 2.62. The highest BCUT2D eigenvalue weighted by molar-refractivity contribution is 5.99. The number of fused-ring (bicyclic) bond motifs is 3. The molecule has 0 saturated heterocycles. The van der Waals surface area contributed by atoms with Crippen molar-refractivity contribution in [3.05, 3.63) is 23.3 Å². The number of phenolic OH excluding ortho intramolecular Hbond substituents is 1. The monoisotopic (exact) mass is 290 g/mol. The first kappa shape index (κ1) is 13.9. The number of carbonyl (C=O) groups excluding carboxylic acids is 2. The van der Waals surface area contributed by atoms with Gasteiger partial charge in [-0.15, -0.1) is 0 Å². The molecule has 21 heavy (non-hydrogen) atoms. The summed E-state index contributed by atoms with van der Waals surface area (Å²) in [4.78, 5) is 23.8. The van der Waals surface area contributed by atoms with Gasteiger partial charge in [0.05, 0.1) is 24.7 Å². The maximum Gasteiger partial charge on any atom is 0.309 e. The van der Waals surface area contributed by atoms with Crippen LogP contribution in [-0.2, 0) is 9.53 Å². The second-order valence-electron chi connectivity index (χ2n) is 5.43. The molecule has 1 N–H and O–H groups in total. The van der Waals surface area contributed by atoms with Crippen molar-refractivity contribution in [3.63, 3.8) is 0 Å². The molecule has 5 heteroatoms. The molecular weight excluding hydrogens is 272 g/mol. The molecule has 0 radical (unpaired) electrons.